The number of nitriles is 1. The van der Waals surface area contributed by atoms with Crippen molar-refractivity contribution in [3.63, 3.8) is 0 Å². The number of aromatic nitrogens is 4. The van der Waals surface area contributed by atoms with Crippen molar-refractivity contribution in [2.24, 2.45) is 0 Å². The lowest BCUT2D eigenvalue weighted by atomic mass is 9.91. The Morgan fingerprint density at radius 1 is 1.18 bits per heavy atom. The van der Waals surface area contributed by atoms with Crippen molar-refractivity contribution in [1.82, 2.24) is 25.5 Å². The summed E-state index contributed by atoms with van der Waals surface area (Å²) in [5, 5.41) is 27.0. The third-order valence-electron chi connectivity index (χ3n) is 5.10. The number of fused-ring (bicyclic) bond motifs is 1. The summed E-state index contributed by atoms with van der Waals surface area (Å²) < 4.78 is 0. The van der Waals surface area contributed by atoms with Crippen molar-refractivity contribution in [3.8, 4) is 6.07 Å². The van der Waals surface area contributed by atoms with Crippen molar-refractivity contribution in [3.05, 3.63) is 36.2 Å². The monoisotopic (exact) mass is 376 g/mol. The second-order valence-corrected chi connectivity index (χ2v) is 7.22. The molecule has 0 bridgehead atoms. The molecule has 3 aromatic heterocycles. The van der Waals surface area contributed by atoms with Crippen LogP contribution in [0.25, 0.3) is 10.9 Å². The first-order valence-electron chi connectivity index (χ1n) is 9.63. The van der Waals surface area contributed by atoms with Gasteiger partial charge in [0.2, 0.25) is 0 Å². The second-order valence-electron chi connectivity index (χ2n) is 7.22. The van der Waals surface area contributed by atoms with E-state index in [2.05, 4.69) is 37.2 Å². The molecule has 8 heteroatoms. The summed E-state index contributed by atoms with van der Waals surface area (Å²) in [6.07, 6.45) is 5.99. The predicted molar refractivity (Wildman–Crippen MR) is 109 cm³/mol. The quantitative estimate of drug-likeness (QED) is 0.488. The molecule has 8 nitrogen and oxygen atoms in total. The first-order chi connectivity index (χ1) is 13.7. The van der Waals surface area contributed by atoms with Gasteiger partial charge in [0.15, 0.2) is 5.82 Å². The van der Waals surface area contributed by atoms with Crippen LogP contribution in [0.4, 0.5) is 17.5 Å². The van der Waals surface area contributed by atoms with E-state index in [1.54, 1.807) is 6.20 Å². The minimum absolute atomic E-state index is 0.360. The van der Waals surface area contributed by atoms with Crippen molar-refractivity contribution >= 4 is 28.4 Å². The summed E-state index contributed by atoms with van der Waals surface area (Å²) >= 11 is 0. The Morgan fingerprint density at radius 2 is 2.00 bits per heavy atom. The standard InChI is InChI=1S/C20H24N8/c1-13-11-19(28-27-13)25-18-12-17-16(3-2-9-23-17)20(26-18)24-15-6-4-14(5-7-15)22-10-8-21/h2-3,9,11-12,14-15,22H,4-7,10H2,1H3,(H3,24,25,26,27,28). The van der Waals surface area contributed by atoms with Crippen molar-refractivity contribution in [2.75, 3.05) is 17.2 Å². The summed E-state index contributed by atoms with van der Waals surface area (Å²) in [7, 11) is 0. The molecule has 1 aliphatic carbocycles. The minimum Gasteiger partial charge on any atom is -0.367 e. The maximum atomic E-state index is 8.73. The van der Waals surface area contributed by atoms with Crippen molar-refractivity contribution < 1.29 is 0 Å². The normalized spacial score (nSPS) is 19.3. The van der Waals surface area contributed by atoms with Gasteiger partial charge >= 0.3 is 0 Å². The number of aryl methyl sites for hydroxylation is 1. The Balaban J connectivity index is 1.52. The largest absolute Gasteiger partial charge is 0.367 e. The fourth-order valence-electron chi connectivity index (χ4n) is 3.69. The SMILES string of the molecule is Cc1cc(Nc2cc3ncccc3c(NC3CCC(NCC#N)CC3)n2)n[nH]1. The molecule has 144 valence electrons. The summed E-state index contributed by atoms with van der Waals surface area (Å²) in [4.78, 5) is 9.29. The first kappa shape index (κ1) is 18.2. The number of anilines is 3. The highest BCUT2D eigenvalue weighted by atomic mass is 15.2. The van der Waals surface area contributed by atoms with Crippen LogP contribution in [0.5, 0.6) is 0 Å². The van der Waals surface area contributed by atoms with Crippen LogP contribution < -0.4 is 16.0 Å². The lowest BCUT2D eigenvalue weighted by molar-refractivity contribution is 0.364. The number of rotatable bonds is 6. The summed E-state index contributed by atoms with van der Waals surface area (Å²) in [6, 6.07) is 10.8. The Hall–Kier alpha value is -3.18. The molecule has 0 saturated heterocycles. The molecule has 3 aromatic rings. The molecule has 0 spiro atoms. The molecule has 28 heavy (non-hydrogen) atoms. The molecule has 0 aliphatic heterocycles. The highest BCUT2D eigenvalue weighted by Gasteiger charge is 2.21. The topological polar surface area (TPSA) is 114 Å². The zero-order valence-electron chi connectivity index (χ0n) is 15.9. The van der Waals surface area contributed by atoms with Crippen LogP contribution >= 0.6 is 0 Å². The van der Waals surface area contributed by atoms with Gasteiger partial charge in [-0.1, -0.05) is 0 Å². The molecule has 1 saturated carbocycles. The Bertz CT molecular complexity index is 981. The third kappa shape index (κ3) is 4.21. The summed E-state index contributed by atoms with van der Waals surface area (Å²) in [5.74, 6) is 2.29. The third-order valence-corrected chi connectivity index (χ3v) is 5.10. The highest BCUT2D eigenvalue weighted by Crippen LogP contribution is 2.28. The summed E-state index contributed by atoms with van der Waals surface area (Å²) in [6.45, 7) is 2.38. The van der Waals surface area contributed by atoms with E-state index in [-0.39, 0.29) is 0 Å². The van der Waals surface area contributed by atoms with Gasteiger partial charge in [-0.15, -0.1) is 0 Å². The van der Waals surface area contributed by atoms with Gasteiger partial charge in [-0.3, -0.25) is 10.1 Å². The number of nitrogens with zero attached hydrogens (tertiary/aromatic N) is 4. The number of pyridine rings is 2. The molecule has 0 unspecified atom stereocenters. The van der Waals surface area contributed by atoms with Crippen LogP contribution in [0.15, 0.2) is 30.5 Å². The average Bonchev–Trinajstić information content (AvgIpc) is 3.12. The lowest BCUT2D eigenvalue weighted by Gasteiger charge is -2.30. The van der Waals surface area contributed by atoms with Crippen molar-refractivity contribution in [1.29, 1.82) is 5.26 Å². The fraction of sp³-hybridized carbons (Fsp3) is 0.400. The predicted octanol–water partition coefficient (Wildman–Crippen LogP) is 3.24. The van der Waals surface area contributed by atoms with Crippen LogP contribution in [0.2, 0.25) is 0 Å². The molecule has 3 heterocycles. The molecule has 1 fully saturated rings. The Morgan fingerprint density at radius 3 is 2.75 bits per heavy atom. The van der Waals surface area contributed by atoms with E-state index in [4.69, 9.17) is 10.2 Å². The Labute approximate surface area is 163 Å². The van der Waals surface area contributed by atoms with Gasteiger partial charge in [-0.2, -0.15) is 10.4 Å². The molecule has 1 aliphatic rings. The van der Waals surface area contributed by atoms with Gasteiger partial charge in [0.05, 0.1) is 18.1 Å². The van der Waals surface area contributed by atoms with Gasteiger partial charge in [-0.05, 0) is 44.7 Å². The summed E-state index contributed by atoms with van der Waals surface area (Å²) in [5.41, 5.74) is 1.88. The molecular weight excluding hydrogens is 352 g/mol. The van der Waals surface area contributed by atoms with Crippen molar-refractivity contribution in [2.45, 2.75) is 44.7 Å². The van der Waals surface area contributed by atoms with E-state index in [9.17, 15) is 0 Å². The van der Waals surface area contributed by atoms with Crippen LogP contribution in [0, 0.1) is 18.3 Å². The van der Waals surface area contributed by atoms with Crippen LogP contribution in [0.3, 0.4) is 0 Å². The number of aromatic amines is 1. The molecule has 4 rings (SSSR count). The van der Waals surface area contributed by atoms with E-state index in [0.29, 0.717) is 24.4 Å². The smallest absolute Gasteiger partial charge is 0.153 e. The lowest BCUT2D eigenvalue weighted by Crippen LogP contribution is -2.37. The van der Waals surface area contributed by atoms with Gasteiger partial charge < -0.3 is 16.0 Å². The molecule has 4 N–H and O–H groups in total. The number of nitrogens with one attached hydrogen (secondary N) is 4. The van der Waals surface area contributed by atoms with Gasteiger partial charge in [0.25, 0.3) is 0 Å². The van der Waals surface area contributed by atoms with E-state index in [0.717, 1.165) is 53.9 Å². The van der Waals surface area contributed by atoms with Crippen LogP contribution in [-0.4, -0.2) is 38.8 Å². The van der Waals surface area contributed by atoms with Crippen LogP contribution in [0.1, 0.15) is 31.4 Å². The maximum absolute atomic E-state index is 8.73. The average molecular weight is 376 g/mol. The van der Waals surface area contributed by atoms with Gasteiger partial charge in [-0.25, -0.2) is 4.98 Å². The molecule has 0 aromatic carbocycles. The zero-order chi connectivity index (χ0) is 19.3. The van der Waals surface area contributed by atoms with E-state index < -0.39 is 0 Å². The Kier molecular flexibility index (Phi) is 5.35. The van der Waals surface area contributed by atoms with E-state index in [1.165, 1.54) is 0 Å². The van der Waals surface area contributed by atoms with Gasteiger partial charge in [0, 0.05) is 41.5 Å². The molecule has 0 radical (unpaired) electrons. The van der Waals surface area contributed by atoms with E-state index in [1.807, 2.05) is 31.2 Å². The fourth-order valence-corrected chi connectivity index (χ4v) is 3.69. The minimum atomic E-state index is 0.360. The second kappa shape index (κ2) is 8.23. The number of hydrogen-bond acceptors (Lipinski definition) is 7. The maximum Gasteiger partial charge on any atom is 0.153 e. The molecule has 0 amide bonds. The zero-order valence-corrected chi connectivity index (χ0v) is 15.9. The number of H-pyrrole nitrogens is 1. The van der Waals surface area contributed by atoms with Gasteiger partial charge in [0.1, 0.15) is 11.6 Å². The number of hydrogen-bond donors (Lipinski definition) is 4. The highest BCUT2D eigenvalue weighted by molar-refractivity contribution is 5.91. The van der Waals surface area contributed by atoms with Crippen LogP contribution in [-0.2, 0) is 0 Å². The molecular formula is C20H24N8. The first-order valence-corrected chi connectivity index (χ1v) is 9.63. The molecule has 0 atom stereocenters. The van der Waals surface area contributed by atoms with E-state index >= 15 is 0 Å².